The molecule has 0 bridgehead atoms. The Labute approximate surface area is 215 Å². The Morgan fingerprint density at radius 3 is 2.70 bits per heavy atom. The average Bonchev–Trinajstić information content (AvgIpc) is 3.43. The van der Waals surface area contributed by atoms with Crippen LogP contribution in [0.2, 0.25) is 0 Å². The van der Waals surface area contributed by atoms with E-state index in [0.29, 0.717) is 34.0 Å². The van der Waals surface area contributed by atoms with Crippen molar-refractivity contribution in [3.8, 4) is 5.75 Å². The van der Waals surface area contributed by atoms with Crippen LogP contribution in [0.1, 0.15) is 60.5 Å². The minimum Gasteiger partial charge on any atom is -0.508 e. The third kappa shape index (κ3) is 4.72. The number of hydrogen-bond donors (Lipinski definition) is 2. The lowest BCUT2D eigenvalue weighted by atomic mass is 9.84. The van der Waals surface area contributed by atoms with E-state index in [0.717, 1.165) is 25.7 Å². The van der Waals surface area contributed by atoms with Crippen molar-refractivity contribution in [2.45, 2.75) is 71.1 Å². The van der Waals surface area contributed by atoms with E-state index in [9.17, 15) is 23.9 Å². The number of phenols is 1. The van der Waals surface area contributed by atoms with Gasteiger partial charge in [-0.15, -0.1) is 0 Å². The maximum absolute atomic E-state index is 14.5. The SMILES string of the molecule is CC(=O)c1cn(CC(=O)N2[C@H](C(=O)NCc3cccc(C)c3F)C[C@@H]3CCCC[C@@H]32)c2cc(O)ccc12. The monoisotopic (exact) mass is 505 g/mol. The molecule has 0 spiro atoms. The number of amides is 2. The van der Waals surface area contributed by atoms with E-state index in [4.69, 9.17) is 0 Å². The number of benzene rings is 2. The number of carbonyl (C=O) groups is 3. The first-order valence-electron chi connectivity index (χ1n) is 12.9. The summed E-state index contributed by atoms with van der Waals surface area (Å²) < 4.78 is 16.2. The summed E-state index contributed by atoms with van der Waals surface area (Å²) in [5.41, 5.74) is 2.01. The van der Waals surface area contributed by atoms with E-state index in [2.05, 4.69) is 5.32 Å². The van der Waals surface area contributed by atoms with Crippen LogP contribution in [0.25, 0.3) is 10.9 Å². The van der Waals surface area contributed by atoms with Crippen molar-refractivity contribution >= 4 is 28.5 Å². The number of ketones is 1. The van der Waals surface area contributed by atoms with Crippen LogP contribution in [-0.4, -0.2) is 44.3 Å². The number of likely N-dealkylation sites (tertiary alicyclic amines) is 1. The van der Waals surface area contributed by atoms with Crippen molar-refractivity contribution in [1.82, 2.24) is 14.8 Å². The predicted molar refractivity (Wildman–Crippen MR) is 138 cm³/mol. The van der Waals surface area contributed by atoms with Gasteiger partial charge in [0.1, 0.15) is 24.2 Å². The number of hydrogen-bond acceptors (Lipinski definition) is 4. The molecule has 8 heteroatoms. The van der Waals surface area contributed by atoms with E-state index in [1.807, 2.05) is 0 Å². The maximum atomic E-state index is 14.5. The molecular weight excluding hydrogens is 473 g/mol. The fourth-order valence-electron chi connectivity index (χ4n) is 6.12. The average molecular weight is 506 g/mol. The molecule has 2 amide bonds. The summed E-state index contributed by atoms with van der Waals surface area (Å²) in [4.78, 5) is 41.1. The van der Waals surface area contributed by atoms with Gasteiger partial charge in [-0.1, -0.05) is 31.0 Å². The number of carbonyl (C=O) groups excluding carboxylic acids is 3. The zero-order valence-electron chi connectivity index (χ0n) is 21.2. The van der Waals surface area contributed by atoms with E-state index in [1.54, 1.807) is 52.9 Å². The Balaban J connectivity index is 1.40. The number of Topliss-reactive ketones (excluding diaryl/α,β-unsaturated/α-hetero) is 1. The number of nitrogens with zero attached hydrogens (tertiary/aromatic N) is 2. The summed E-state index contributed by atoms with van der Waals surface area (Å²) in [5.74, 6) is -0.642. The molecule has 1 saturated heterocycles. The molecule has 0 radical (unpaired) electrons. The third-order valence-corrected chi connectivity index (χ3v) is 7.95. The highest BCUT2D eigenvalue weighted by Gasteiger charge is 2.47. The normalized spacial score (nSPS) is 21.2. The van der Waals surface area contributed by atoms with Gasteiger partial charge >= 0.3 is 0 Å². The van der Waals surface area contributed by atoms with Gasteiger partial charge in [0.05, 0.1) is 5.52 Å². The van der Waals surface area contributed by atoms with Crippen LogP contribution in [0, 0.1) is 18.7 Å². The lowest BCUT2D eigenvalue weighted by Crippen LogP contribution is -2.50. The molecule has 2 aliphatic rings. The molecule has 1 saturated carbocycles. The van der Waals surface area contributed by atoms with Crippen molar-refractivity contribution in [1.29, 1.82) is 0 Å². The van der Waals surface area contributed by atoms with Crippen molar-refractivity contribution in [2.24, 2.45) is 5.92 Å². The number of phenolic OH excluding ortho intramolecular Hbond substituents is 1. The highest BCUT2D eigenvalue weighted by Crippen LogP contribution is 2.40. The summed E-state index contributed by atoms with van der Waals surface area (Å²) in [5, 5.41) is 13.6. The van der Waals surface area contributed by atoms with Crippen LogP contribution < -0.4 is 5.32 Å². The Kier molecular flexibility index (Phi) is 6.75. The minimum absolute atomic E-state index is 0.0183. The molecule has 2 fully saturated rings. The first-order chi connectivity index (χ1) is 17.7. The van der Waals surface area contributed by atoms with E-state index in [1.165, 1.54) is 13.0 Å². The zero-order valence-corrected chi connectivity index (χ0v) is 21.2. The summed E-state index contributed by atoms with van der Waals surface area (Å²) in [6.45, 7) is 3.17. The van der Waals surface area contributed by atoms with Gasteiger partial charge in [0.15, 0.2) is 5.78 Å². The summed E-state index contributed by atoms with van der Waals surface area (Å²) in [6, 6.07) is 9.19. The third-order valence-electron chi connectivity index (χ3n) is 7.95. The Hall–Kier alpha value is -3.68. The van der Waals surface area contributed by atoms with E-state index >= 15 is 0 Å². The first kappa shape index (κ1) is 25.0. The lowest BCUT2D eigenvalue weighted by Gasteiger charge is -2.34. The number of aromatic hydroxyl groups is 1. The van der Waals surface area contributed by atoms with Crippen LogP contribution in [0.15, 0.2) is 42.6 Å². The first-order valence-corrected chi connectivity index (χ1v) is 12.9. The zero-order chi connectivity index (χ0) is 26.3. The van der Waals surface area contributed by atoms with Crippen LogP contribution in [0.4, 0.5) is 4.39 Å². The van der Waals surface area contributed by atoms with Crippen LogP contribution in [0.5, 0.6) is 5.75 Å². The fraction of sp³-hybridized carbons (Fsp3) is 0.414. The molecule has 2 heterocycles. The molecule has 3 atom stereocenters. The van der Waals surface area contributed by atoms with Crippen LogP contribution in [-0.2, 0) is 22.7 Å². The molecule has 2 N–H and O–H groups in total. The summed E-state index contributed by atoms with van der Waals surface area (Å²) in [7, 11) is 0. The van der Waals surface area contributed by atoms with E-state index < -0.39 is 6.04 Å². The second-order valence-electron chi connectivity index (χ2n) is 10.4. The molecule has 1 aliphatic carbocycles. The molecule has 1 aliphatic heterocycles. The van der Waals surface area contributed by atoms with Gasteiger partial charge in [-0.3, -0.25) is 14.4 Å². The molecule has 5 rings (SSSR count). The highest BCUT2D eigenvalue weighted by molar-refractivity contribution is 6.07. The molecule has 0 unspecified atom stereocenters. The van der Waals surface area contributed by atoms with Gasteiger partial charge < -0.3 is 19.9 Å². The predicted octanol–water partition coefficient (Wildman–Crippen LogP) is 4.47. The van der Waals surface area contributed by atoms with Crippen molar-refractivity contribution < 1.29 is 23.9 Å². The van der Waals surface area contributed by atoms with Gasteiger partial charge in [-0.05, 0) is 56.7 Å². The summed E-state index contributed by atoms with van der Waals surface area (Å²) >= 11 is 0. The Bertz CT molecular complexity index is 1380. The lowest BCUT2D eigenvalue weighted by molar-refractivity contribution is -0.141. The maximum Gasteiger partial charge on any atom is 0.243 e. The number of fused-ring (bicyclic) bond motifs is 2. The molecule has 1 aromatic heterocycles. The highest BCUT2D eigenvalue weighted by atomic mass is 19.1. The van der Waals surface area contributed by atoms with E-state index in [-0.39, 0.29) is 54.2 Å². The smallest absolute Gasteiger partial charge is 0.243 e. The van der Waals surface area contributed by atoms with Crippen LogP contribution in [0.3, 0.4) is 0 Å². The van der Waals surface area contributed by atoms with Gasteiger partial charge in [-0.2, -0.15) is 0 Å². The number of nitrogens with one attached hydrogen (secondary N) is 1. The Morgan fingerprint density at radius 1 is 1.14 bits per heavy atom. The van der Waals surface area contributed by atoms with Crippen molar-refractivity contribution in [3.05, 3.63) is 65.1 Å². The quantitative estimate of drug-likeness (QED) is 0.484. The molecule has 194 valence electrons. The number of halogens is 1. The van der Waals surface area contributed by atoms with Crippen molar-refractivity contribution in [2.75, 3.05) is 0 Å². The Morgan fingerprint density at radius 2 is 1.92 bits per heavy atom. The van der Waals surface area contributed by atoms with Gasteiger partial charge in [0, 0.05) is 41.4 Å². The van der Waals surface area contributed by atoms with Gasteiger partial charge in [-0.25, -0.2) is 4.39 Å². The van der Waals surface area contributed by atoms with Gasteiger partial charge in [0.25, 0.3) is 0 Å². The fourth-order valence-corrected chi connectivity index (χ4v) is 6.12. The number of aryl methyl sites for hydroxylation is 1. The topological polar surface area (TPSA) is 91.6 Å². The number of rotatable bonds is 6. The second-order valence-corrected chi connectivity index (χ2v) is 10.4. The van der Waals surface area contributed by atoms with Gasteiger partial charge in [0.2, 0.25) is 11.8 Å². The molecule has 2 aromatic carbocycles. The standard InChI is InChI=1S/C29H32FN3O4/c1-17-6-5-8-20(28(17)30)14-31-29(37)26-12-19-7-3-4-9-24(19)33(26)27(36)16-32-15-23(18(2)34)22-11-10-21(35)13-25(22)32/h5-6,8,10-11,13,15,19,24,26,35H,3-4,7,9,12,14,16H2,1-2H3,(H,31,37)/t19-,24-,26-/m0/s1. The molecule has 3 aromatic rings. The number of aromatic nitrogens is 1. The minimum atomic E-state index is -0.629. The molecular formula is C29H32FN3O4. The second kappa shape index (κ2) is 10.00. The van der Waals surface area contributed by atoms with Crippen LogP contribution >= 0.6 is 0 Å². The summed E-state index contributed by atoms with van der Waals surface area (Å²) in [6.07, 6.45) is 6.13. The molecule has 37 heavy (non-hydrogen) atoms. The van der Waals surface area contributed by atoms with Crippen molar-refractivity contribution in [3.63, 3.8) is 0 Å². The largest absolute Gasteiger partial charge is 0.508 e. The molecule has 7 nitrogen and oxygen atoms in total.